The first-order valence-corrected chi connectivity index (χ1v) is 7.77. The largest absolute Gasteiger partial charge is 0.348 e. The van der Waals surface area contributed by atoms with Gasteiger partial charge in [-0.1, -0.05) is 6.07 Å². The zero-order valence-corrected chi connectivity index (χ0v) is 12.6. The van der Waals surface area contributed by atoms with E-state index in [0.29, 0.717) is 24.6 Å². The molecule has 1 aromatic heterocycles. The smallest absolute Gasteiger partial charge is 0.214 e. The van der Waals surface area contributed by atoms with Gasteiger partial charge in [0.15, 0.2) is 5.79 Å². The van der Waals surface area contributed by atoms with E-state index >= 15 is 0 Å². The maximum absolute atomic E-state index is 13.0. The minimum absolute atomic E-state index is 0.361. The monoisotopic (exact) mass is 316 g/mol. The highest BCUT2D eigenvalue weighted by molar-refractivity contribution is 5.38. The maximum Gasteiger partial charge on any atom is 0.214 e. The number of allylic oxidation sites excluding steroid dienone is 1. The van der Waals surface area contributed by atoms with Gasteiger partial charge in [0.2, 0.25) is 5.95 Å². The first kappa shape index (κ1) is 14.6. The van der Waals surface area contributed by atoms with E-state index in [2.05, 4.69) is 22.3 Å². The topological polar surface area (TPSA) is 52.6 Å². The molecule has 0 atom stereocenters. The second-order valence-corrected chi connectivity index (χ2v) is 6.03. The van der Waals surface area contributed by atoms with Crippen molar-refractivity contribution in [2.75, 3.05) is 13.2 Å². The van der Waals surface area contributed by atoms with Crippen molar-refractivity contribution in [2.45, 2.75) is 37.1 Å². The summed E-state index contributed by atoms with van der Waals surface area (Å²) in [6.07, 6.45) is 5.22. The van der Waals surface area contributed by atoms with E-state index < -0.39 is 11.7 Å². The van der Waals surface area contributed by atoms with Gasteiger partial charge >= 0.3 is 0 Å². The van der Waals surface area contributed by atoms with Crippen molar-refractivity contribution in [3.05, 3.63) is 41.6 Å². The summed E-state index contributed by atoms with van der Waals surface area (Å²) in [5.41, 5.74) is 3.58. The van der Waals surface area contributed by atoms with Crippen LogP contribution in [0.4, 0.5) is 4.39 Å². The van der Waals surface area contributed by atoms with Crippen molar-refractivity contribution in [2.24, 2.45) is 0 Å². The number of pyridine rings is 1. The Morgan fingerprint density at radius 2 is 1.87 bits per heavy atom. The molecule has 0 bridgehead atoms. The summed E-state index contributed by atoms with van der Waals surface area (Å²) in [6, 6.07) is 4.55. The number of halogens is 1. The molecular formula is C17H17FN2O3. The Morgan fingerprint density at radius 3 is 2.61 bits per heavy atom. The third-order valence-electron chi connectivity index (χ3n) is 4.48. The van der Waals surface area contributed by atoms with Crippen LogP contribution >= 0.6 is 0 Å². The minimum atomic E-state index is -0.535. The van der Waals surface area contributed by atoms with Crippen molar-refractivity contribution in [3.8, 4) is 11.8 Å². The van der Waals surface area contributed by atoms with E-state index in [0.717, 1.165) is 25.7 Å². The van der Waals surface area contributed by atoms with E-state index in [1.54, 1.807) is 12.1 Å². The van der Waals surface area contributed by atoms with Crippen LogP contribution in [0.15, 0.2) is 30.0 Å². The molecule has 23 heavy (non-hydrogen) atoms. The van der Waals surface area contributed by atoms with Crippen LogP contribution in [0.3, 0.4) is 0 Å². The minimum Gasteiger partial charge on any atom is -0.348 e. The maximum atomic E-state index is 13.0. The predicted molar refractivity (Wildman–Crippen MR) is 79.2 cm³/mol. The number of nitrogens with zero attached hydrogens (tertiary/aromatic N) is 1. The molecule has 0 amide bonds. The highest BCUT2D eigenvalue weighted by Crippen LogP contribution is 2.43. The molecule has 5 nitrogen and oxygen atoms in total. The fourth-order valence-corrected chi connectivity index (χ4v) is 3.24. The lowest BCUT2D eigenvalue weighted by molar-refractivity contribution is -0.205. The number of aromatic nitrogens is 1. The summed E-state index contributed by atoms with van der Waals surface area (Å²) < 4.78 is 24.5. The van der Waals surface area contributed by atoms with Gasteiger partial charge in [-0.2, -0.15) is 4.39 Å². The number of rotatable bonds is 0. The average Bonchev–Trinajstić information content (AvgIpc) is 3.17. The molecule has 4 rings (SSSR count). The summed E-state index contributed by atoms with van der Waals surface area (Å²) in [7, 11) is 0. The van der Waals surface area contributed by atoms with Gasteiger partial charge in [0.05, 0.1) is 13.2 Å². The standard InChI is InChI=1S/C17H17FN2O3/c18-15-3-1-2-13(19-15)4-5-14-12-16(23-20-14)6-8-17(9-7-16)21-10-11-22-17/h1-3,12,20H,6-11H2. The first-order valence-electron chi connectivity index (χ1n) is 7.77. The first-order chi connectivity index (χ1) is 11.2. The van der Waals surface area contributed by atoms with Crippen LogP contribution in [0.2, 0.25) is 0 Å². The van der Waals surface area contributed by atoms with Gasteiger partial charge in [0.1, 0.15) is 17.0 Å². The summed E-state index contributed by atoms with van der Waals surface area (Å²) in [5, 5.41) is 0. The van der Waals surface area contributed by atoms with Gasteiger partial charge < -0.3 is 9.47 Å². The molecular weight excluding hydrogens is 299 g/mol. The Hall–Kier alpha value is -1.94. The predicted octanol–water partition coefficient (Wildman–Crippen LogP) is 2.05. The fraction of sp³-hybridized carbons (Fsp3) is 0.471. The van der Waals surface area contributed by atoms with Gasteiger partial charge in [-0.15, -0.1) is 0 Å². The van der Waals surface area contributed by atoms with E-state index in [4.69, 9.17) is 14.3 Å². The van der Waals surface area contributed by atoms with Crippen molar-refractivity contribution in [1.29, 1.82) is 0 Å². The Balaban J connectivity index is 1.46. The Bertz CT molecular complexity index is 691. The summed E-state index contributed by atoms with van der Waals surface area (Å²) in [6.45, 7) is 1.33. The number of hydrogen-bond acceptors (Lipinski definition) is 5. The van der Waals surface area contributed by atoms with Crippen LogP contribution in [0.5, 0.6) is 0 Å². The molecule has 2 fully saturated rings. The molecule has 2 spiro atoms. The van der Waals surface area contributed by atoms with Crippen molar-refractivity contribution >= 4 is 0 Å². The zero-order valence-electron chi connectivity index (χ0n) is 12.6. The van der Waals surface area contributed by atoms with E-state index in [1.807, 2.05) is 6.08 Å². The van der Waals surface area contributed by atoms with Crippen molar-refractivity contribution < 1.29 is 18.7 Å². The molecule has 3 aliphatic rings. The molecule has 0 aromatic carbocycles. The molecule has 1 saturated carbocycles. The lowest BCUT2D eigenvalue weighted by atomic mass is 9.81. The third-order valence-corrected chi connectivity index (χ3v) is 4.48. The quantitative estimate of drug-likeness (QED) is 0.586. The number of hydroxylamine groups is 1. The Morgan fingerprint density at radius 1 is 1.09 bits per heavy atom. The lowest BCUT2D eigenvalue weighted by Crippen LogP contribution is -2.43. The van der Waals surface area contributed by atoms with Gasteiger partial charge in [-0.05, 0) is 42.9 Å². The molecule has 1 saturated heterocycles. The van der Waals surface area contributed by atoms with Crippen molar-refractivity contribution in [3.63, 3.8) is 0 Å². The normalized spacial score (nSPS) is 24.1. The SMILES string of the molecule is Fc1cccc(C#CC2=CC3(CCC4(CC3)OCCO4)ON2)n1. The van der Waals surface area contributed by atoms with Crippen molar-refractivity contribution in [1.82, 2.24) is 10.5 Å². The molecule has 3 heterocycles. The molecule has 0 radical (unpaired) electrons. The molecule has 1 aromatic rings. The Kier molecular flexibility index (Phi) is 3.57. The van der Waals surface area contributed by atoms with Gasteiger partial charge in [0, 0.05) is 12.8 Å². The zero-order chi connectivity index (χ0) is 15.8. The van der Waals surface area contributed by atoms with Crippen LogP contribution in [0.1, 0.15) is 31.4 Å². The van der Waals surface area contributed by atoms with Crippen LogP contribution in [0.25, 0.3) is 0 Å². The van der Waals surface area contributed by atoms with Crippen LogP contribution in [0, 0.1) is 17.8 Å². The second-order valence-electron chi connectivity index (χ2n) is 6.03. The number of ether oxygens (including phenoxy) is 2. The highest BCUT2D eigenvalue weighted by atomic mass is 19.1. The molecule has 120 valence electrons. The third kappa shape index (κ3) is 2.95. The molecule has 6 heteroatoms. The van der Waals surface area contributed by atoms with Crippen LogP contribution in [-0.4, -0.2) is 29.6 Å². The van der Waals surface area contributed by atoms with E-state index in [1.165, 1.54) is 6.07 Å². The number of nitrogens with one attached hydrogen (secondary N) is 1. The lowest BCUT2D eigenvalue weighted by Gasteiger charge is -2.39. The van der Waals surface area contributed by atoms with Crippen LogP contribution in [-0.2, 0) is 14.3 Å². The Labute approximate surface area is 133 Å². The summed E-state index contributed by atoms with van der Waals surface area (Å²) >= 11 is 0. The van der Waals surface area contributed by atoms with E-state index in [9.17, 15) is 4.39 Å². The molecule has 1 aliphatic carbocycles. The fourth-order valence-electron chi connectivity index (χ4n) is 3.24. The number of hydrogen-bond donors (Lipinski definition) is 1. The highest BCUT2D eigenvalue weighted by Gasteiger charge is 2.48. The average molecular weight is 316 g/mol. The molecule has 1 N–H and O–H groups in total. The summed E-state index contributed by atoms with van der Waals surface area (Å²) in [5.74, 6) is 4.83. The van der Waals surface area contributed by atoms with Crippen LogP contribution < -0.4 is 5.48 Å². The van der Waals surface area contributed by atoms with E-state index in [-0.39, 0.29) is 5.60 Å². The van der Waals surface area contributed by atoms with Gasteiger partial charge in [0.25, 0.3) is 0 Å². The van der Waals surface area contributed by atoms with Gasteiger partial charge in [-0.25, -0.2) is 4.98 Å². The molecule has 2 aliphatic heterocycles. The second kappa shape index (κ2) is 5.60. The molecule has 0 unspecified atom stereocenters. The summed E-state index contributed by atoms with van der Waals surface area (Å²) in [4.78, 5) is 9.48. The van der Waals surface area contributed by atoms with Gasteiger partial charge in [-0.3, -0.25) is 10.3 Å².